The molecule has 0 N–H and O–H groups in total. The molecule has 2 aromatic rings. The Kier molecular flexibility index (Phi) is 5.08. The van der Waals surface area contributed by atoms with Gasteiger partial charge in [-0.3, -0.25) is 0 Å². The van der Waals surface area contributed by atoms with Crippen molar-refractivity contribution < 1.29 is 14.3 Å². The number of aromatic nitrogens is 2. The minimum absolute atomic E-state index is 0.0388. The van der Waals surface area contributed by atoms with Crippen molar-refractivity contribution in [1.82, 2.24) is 9.78 Å². The number of aryl methyl sites for hydroxylation is 1. The Morgan fingerprint density at radius 2 is 1.65 bits per heavy atom. The van der Waals surface area contributed by atoms with E-state index in [1.165, 1.54) is 10.2 Å². The highest BCUT2D eigenvalue weighted by atomic mass is 16.6. The Labute approximate surface area is 137 Å². The normalized spacial score (nSPS) is 11.1. The van der Waals surface area contributed by atoms with Crippen LogP contribution in [0.25, 0.3) is 11.1 Å². The van der Waals surface area contributed by atoms with Gasteiger partial charge in [0.1, 0.15) is 0 Å². The summed E-state index contributed by atoms with van der Waals surface area (Å²) in [6.07, 6.45) is -0.740. The summed E-state index contributed by atoms with van der Waals surface area (Å²) in [5.41, 5.74) is 3.66. The van der Waals surface area contributed by atoms with Gasteiger partial charge in [0, 0.05) is 0 Å². The number of benzene rings is 1. The topological polar surface area (TPSA) is 53.4 Å². The fourth-order valence-corrected chi connectivity index (χ4v) is 2.26. The number of hydrogen-bond donors (Lipinski definition) is 0. The monoisotopic (exact) mass is 316 g/mol. The molecule has 1 aromatic heterocycles. The first-order valence-electron chi connectivity index (χ1n) is 7.84. The maximum atomic E-state index is 12.2. The van der Waals surface area contributed by atoms with Crippen LogP contribution in [-0.2, 0) is 4.74 Å². The van der Waals surface area contributed by atoms with Crippen molar-refractivity contribution in [3.63, 3.8) is 0 Å². The van der Waals surface area contributed by atoms with E-state index in [0.717, 1.165) is 11.1 Å². The summed E-state index contributed by atoms with van der Waals surface area (Å²) in [5.74, 6) is 0.446. The minimum Gasteiger partial charge on any atom is -0.473 e. The number of nitrogens with zero attached hydrogens (tertiary/aromatic N) is 2. The van der Waals surface area contributed by atoms with Gasteiger partial charge in [-0.25, -0.2) is 4.79 Å². The van der Waals surface area contributed by atoms with Crippen molar-refractivity contribution in [3.8, 4) is 17.0 Å². The quantitative estimate of drug-likeness (QED) is 0.841. The highest BCUT2D eigenvalue weighted by molar-refractivity contribution is 5.78. The smallest absolute Gasteiger partial charge is 0.435 e. The van der Waals surface area contributed by atoms with Crippen molar-refractivity contribution in [1.29, 1.82) is 0 Å². The van der Waals surface area contributed by atoms with Crippen LogP contribution in [0.5, 0.6) is 5.88 Å². The van der Waals surface area contributed by atoms with Crippen LogP contribution in [0, 0.1) is 13.8 Å². The van der Waals surface area contributed by atoms with Gasteiger partial charge >= 0.3 is 6.09 Å². The summed E-state index contributed by atoms with van der Waals surface area (Å²) in [5, 5.41) is 4.32. The van der Waals surface area contributed by atoms with Gasteiger partial charge < -0.3 is 9.47 Å². The van der Waals surface area contributed by atoms with Crippen LogP contribution in [-0.4, -0.2) is 28.1 Å². The van der Waals surface area contributed by atoms with Gasteiger partial charge in [-0.2, -0.15) is 4.68 Å². The van der Waals surface area contributed by atoms with Gasteiger partial charge in [0.05, 0.1) is 23.5 Å². The minimum atomic E-state index is -0.496. The Morgan fingerprint density at radius 3 is 2.17 bits per heavy atom. The first-order chi connectivity index (χ1) is 10.8. The van der Waals surface area contributed by atoms with E-state index in [1.807, 2.05) is 65.8 Å². The molecule has 0 amide bonds. The largest absolute Gasteiger partial charge is 0.473 e. The summed E-state index contributed by atoms with van der Waals surface area (Å²) in [6, 6.07) is 8.06. The van der Waals surface area contributed by atoms with Crippen molar-refractivity contribution in [2.75, 3.05) is 0 Å². The molecule has 1 heterocycles. The standard InChI is InChI=1S/C18H24N2O3/c1-11(2)22-17-16(15-9-7-13(5)8-10-15)14(6)20(19-17)18(21)23-12(3)4/h7-12H,1-6H3. The molecule has 5 nitrogen and oxygen atoms in total. The summed E-state index contributed by atoms with van der Waals surface area (Å²) in [6.45, 7) is 11.4. The third-order valence-electron chi connectivity index (χ3n) is 3.28. The van der Waals surface area contributed by atoms with Crippen molar-refractivity contribution in [2.45, 2.75) is 53.8 Å². The number of rotatable bonds is 4. The van der Waals surface area contributed by atoms with Crippen LogP contribution in [0.15, 0.2) is 24.3 Å². The molecule has 0 unspecified atom stereocenters. The zero-order valence-corrected chi connectivity index (χ0v) is 14.6. The lowest BCUT2D eigenvalue weighted by Gasteiger charge is -2.09. The molecule has 124 valence electrons. The second kappa shape index (κ2) is 6.86. The summed E-state index contributed by atoms with van der Waals surface area (Å²) < 4.78 is 12.3. The SMILES string of the molecule is Cc1ccc(-c2c(OC(C)C)nn(C(=O)OC(C)C)c2C)cc1. The van der Waals surface area contributed by atoms with Crippen LogP contribution in [0.4, 0.5) is 4.79 Å². The van der Waals surface area contributed by atoms with Gasteiger partial charge in [0.2, 0.25) is 5.88 Å². The molecule has 0 fully saturated rings. The lowest BCUT2D eigenvalue weighted by atomic mass is 10.0. The second-order valence-corrected chi connectivity index (χ2v) is 6.14. The molecule has 2 rings (SSSR count). The van der Waals surface area contributed by atoms with Crippen LogP contribution < -0.4 is 4.74 Å². The van der Waals surface area contributed by atoms with E-state index >= 15 is 0 Å². The molecular formula is C18H24N2O3. The van der Waals surface area contributed by atoms with E-state index in [9.17, 15) is 4.79 Å². The predicted octanol–water partition coefficient (Wildman–Crippen LogP) is 4.35. The van der Waals surface area contributed by atoms with E-state index in [-0.39, 0.29) is 12.2 Å². The average Bonchev–Trinajstić information content (AvgIpc) is 2.75. The van der Waals surface area contributed by atoms with Crippen molar-refractivity contribution in [3.05, 3.63) is 35.5 Å². The Bertz CT molecular complexity index is 685. The zero-order valence-electron chi connectivity index (χ0n) is 14.6. The number of hydrogen-bond acceptors (Lipinski definition) is 4. The molecule has 0 aliphatic carbocycles. The molecule has 1 aromatic carbocycles. The van der Waals surface area contributed by atoms with Crippen molar-refractivity contribution >= 4 is 6.09 Å². The zero-order chi connectivity index (χ0) is 17.1. The molecule has 0 saturated heterocycles. The summed E-state index contributed by atoms with van der Waals surface area (Å²) in [7, 11) is 0. The third kappa shape index (κ3) is 3.92. The van der Waals surface area contributed by atoms with Crippen LogP contribution in [0.1, 0.15) is 39.0 Å². The van der Waals surface area contributed by atoms with Gasteiger partial charge in [0.15, 0.2) is 0 Å². The van der Waals surface area contributed by atoms with Crippen LogP contribution in [0.2, 0.25) is 0 Å². The lowest BCUT2D eigenvalue weighted by Crippen LogP contribution is -2.20. The van der Waals surface area contributed by atoms with Crippen LogP contribution in [0.3, 0.4) is 0 Å². The second-order valence-electron chi connectivity index (χ2n) is 6.14. The number of ether oxygens (including phenoxy) is 2. The first kappa shape index (κ1) is 17.1. The number of carbonyl (C=O) groups excluding carboxylic acids is 1. The molecular weight excluding hydrogens is 292 g/mol. The molecule has 0 aliphatic rings. The molecule has 0 bridgehead atoms. The Morgan fingerprint density at radius 1 is 1.04 bits per heavy atom. The highest BCUT2D eigenvalue weighted by Crippen LogP contribution is 2.33. The Hall–Kier alpha value is -2.30. The predicted molar refractivity (Wildman–Crippen MR) is 89.9 cm³/mol. The van der Waals surface area contributed by atoms with E-state index < -0.39 is 6.09 Å². The van der Waals surface area contributed by atoms with Gasteiger partial charge in [-0.05, 0) is 47.1 Å². The molecule has 0 spiro atoms. The highest BCUT2D eigenvalue weighted by Gasteiger charge is 2.23. The van der Waals surface area contributed by atoms with Crippen LogP contribution >= 0.6 is 0 Å². The molecule has 23 heavy (non-hydrogen) atoms. The maximum absolute atomic E-state index is 12.2. The molecule has 0 aliphatic heterocycles. The molecule has 0 radical (unpaired) electrons. The van der Waals surface area contributed by atoms with E-state index in [1.54, 1.807) is 0 Å². The maximum Gasteiger partial charge on any atom is 0.435 e. The first-order valence-corrected chi connectivity index (χ1v) is 7.84. The summed E-state index contributed by atoms with van der Waals surface area (Å²) in [4.78, 5) is 12.2. The van der Waals surface area contributed by atoms with E-state index in [2.05, 4.69) is 5.10 Å². The average molecular weight is 316 g/mol. The van der Waals surface area contributed by atoms with E-state index in [4.69, 9.17) is 9.47 Å². The lowest BCUT2D eigenvalue weighted by molar-refractivity contribution is 0.112. The Balaban J connectivity index is 2.52. The van der Waals surface area contributed by atoms with Gasteiger partial charge in [-0.1, -0.05) is 29.8 Å². The number of carbonyl (C=O) groups is 1. The van der Waals surface area contributed by atoms with E-state index in [0.29, 0.717) is 11.6 Å². The fourth-order valence-electron chi connectivity index (χ4n) is 2.26. The third-order valence-corrected chi connectivity index (χ3v) is 3.28. The molecule has 0 saturated carbocycles. The molecule has 5 heteroatoms. The fraction of sp³-hybridized carbons (Fsp3) is 0.444. The van der Waals surface area contributed by atoms with Gasteiger partial charge in [0.25, 0.3) is 0 Å². The summed E-state index contributed by atoms with van der Waals surface area (Å²) >= 11 is 0. The van der Waals surface area contributed by atoms with Gasteiger partial charge in [-0.15, -0.1) is 5.10 Å². The molecule has 0 atom stereocenters. The van der Waals surface area contributed by atoms with Crippen molar-refractivity contribution in [2.24, 2.45) is 0 Å².